The fourth-order valence-corrected chi connectivity index (χ4v) is 14.1. The van der Waals surface area contributed by atoms with Gasteiger partial charge in [0.1, 0.15) is 55.0 Å². The van der Waals surface area contributed by atoms with E-state index in [0.717, 1.165) is 24.8 Å². The van der Waals surface area contributed by atoms with Crippen molar-refractivity contribution < 1.29 is 117 Å². The molecular formula is C73H100Br3N7O25P3+. The van der Waals surface area contributed by atoms with E-state index in [1.165, 1.54) is 27.6 Å². The van der Waals surface area contributed by atoms with Crippen LogP contribution in [0.4, 0.5) is 0 Å². The Morgan fingerprint density at radius 1 is 0.450 bits per heavy atom. The molecule has 0 saturated carbocycles. The number of rotatable bonds is 29. The van der Waals surface area contributed by atoms with Crippen molar-refractivity contribution in [1.82, 2.24) is 29.3 Å². The van der Waals surface area contributed by atoms with E-state index in [2.05, 4.69) is 77.1 Å². The van der Waals surface area contributed by atoms with E-state index in [4.69, 9.17) is 56.4 Å². The molecule has 32 nitrogen and oxygen atoms in total. The first kappa shape index (κ1) is 97.7. The molecule has 0 bridgehead atoms. The number of halogens is 3. The summed E-state index contributed by atoms with van der Waals surface area (Å²) >= 11 is 9.76. The number of carbonyl (C=O) groups excluding carboxylic acids is 7. The third-order valence-electron chi connectivity index (χ3n) is 13.3. The van der Waals surface area contributed by atoms with Crippen molar-refractivity contribution in [1.29, 1.82) is 0 Å². The molecule has 0 saturated heterocycles. The van der Waals surface area contributed by atoms with Gasteiger partial charge in [-0.15, -0.1) is 9.05 Å². The maximum atomic E-state index is 13.2. The number of carboxylic acids is 1. The van der Waals surface area contributed by atoms with Gasteiger partial charge in [-0.05, 0) is 204 Å². The summed E-state index contributed by atoms with van der Waals surface area (Å²) < 4.78 is 108. The van der Waals surface area contributed by atoms with Crippen LogP contribution >= 0.6 is 71.2 Å². The molecule has 0 atom stereocenters. The van der Waals surface area contributed by atoms with Gasteiger partial charge in [0.15, 0.2) is 22.8 Å². The second kappa shape index (κ2) is 46.6. The average Bonchev–Trinajstić information content (AvgIpc) is 1.63. The number of alkyl halides is 1. The molecule has 0 aliphatic carbocycles. The second-order valence-electron chi connectivity index (χ2n) is 25.4. The van der Waals surface area contributed by atoms with Gasteiger partial charge in [0.2, 0.25) is 0 Å². The molecule has 0 fully saturated rings. The lowest BCUT2D eigenvalue weighted by Gasteiger charge is -2.19. The summed E-state index contributed by atoms with van der Waals surface area (Å²) in [6.45, 7) is 35.8. The van der Waals surface area contributed by atoms with Gasteiger partial charge in [0.25, 0.3) is 0 Å². The zero-order valence-corrected chi connectivity index (χ0v) is 73.3. The van der Waals surface area contributed by atoms with Crippen LogP contribution < -0.4 is 10.6 Å². The van der Waals surface area contributed by atoms with Crippen molar-refractivity contribution >= 4 is 168 Å². The number of esters is 7. The molecule has 8 rings (SSSR count). The van der Waals surface area contributed by atoms with Gasteiger partial charge in [-0.25, -0.2) is 19.2 Å². The molecule has 111 heavy (non-hydrogen) atoms. The van der Waals surface area contributed by atoms with Gasteiger partial charge in [-0.1, -0.05) is 53.9 Å². The highest BCUT2D eigenvalue weighted by atomic mass is 79.9. The minimum atomic E-state index is -3.56. The molecule has 612 valence electrons. The van der Waals surface area contributed by atoms with Gasteiger partial charge in [-0.2, -0.15) is 15.3 Å². The largest absolute Gasteiger partial charge is 0.697 e. The second-order valence-corrected chi connectivity index (χ2v) is 32.9. The third-order valence-corrected chi connectivity index (χ3v) is 19.9. The van der Waals surface area contributed by atoms with Crippen molar-refractivity contribution in [3.05, 3.63) is 110 Å². The quantitative estimate of drug-likeness (QED) is 0.0197. The maximum absolute atomic E-state index is 13.2. The van der Waals surface area contributed by atoms with Crippen LogP contribution in [0.1, 0.15) is 174 Å². The van der Waals surface area contributed by atoms with Crippen LogP contribution in [0, 0.1) is 0 Å². The van der Waals surface area contributed by atoms with Crippen molar-refractivity contribution in [2.45, 2.75) is 175 Å². The van der Waals surface area contributed by atoms with Gasteiger partial charge >= 0.3 is 71.2 Å². The van der Waals surface area contributed by atoms with Gasteiger partial charge < -0.3 is 56.4 Å². The summed E-state index contributed by atoms with van der Waals surface area (Å²) in [5.41, 5.74) is 2.44. The summed E-state index contributed by atoms with van der Waals surface area (Å²) in [5.74, 6) is -4.41. The van der Waals surface area contributed by atoms with E-state index in [1.54, 1.807) is 141 Å². The number of benzene rings is 4. The van der Waals surface area contributed by atoms with Crippen LogP contribution in [-0.4, -0.2) is 176 Å². The minimum Gasteiger partial charge on any atom is -0.480 e. The Labute approximate surface area is 671 Å². The number of hydrogen-bond acceptors (Lipinski definition) is 28. The average molecular weight is 1810 g/mol. The standard InChI is InChI=1S/C20H29N2O7P.C16H19BrN2O4.C16H21N2O7P.C11H10BrNO2.C6H11BrO2.C4H10O3P/c1-7-26-19(24)18-15-11-10-14(30(25,27-8-2)28-9-3)12-16(15)22(21-18)13-17(23)29-20(4,5)6;1-5-22-15(21)14-11-7-6-10(17)8-12(11)19(18-14)9-13(20)23-16(2,3)4;1-4-23-16(21)15-12-8-7-11(26(22,24-5-2)25-6-3)9-13(12)18(17-15)10-14(19)20;1-2-15-11(14)10-9-4-3-8(12)5-7(9)6-13-10;1-6(2,3)9-5(8)4-7;1-3-6-8(5)7-4-2/h10-12H,7-9,13H2,1-6H3;6-8H,5,9H2,1-4H3;7-9H,4-6,10H2,1-3H3,(H,19,20);3-5H,2,6H2,1H3;4H2,1-3H3;3-4H2,1-2H3/q;;;;;+1. The summed E-state index contributed by atoms with van der Waals surface area (Å²) in [7, 11) is -8.96. The van der Waals surface area contributed by atoms with Crippen LogP contribution in [0.3, 0.4) is 0 Å². The Morgan fingerprint density at radius 2 is 0.784 bits per heavy atom. The normalized spacial score (nSPS) is 11.8. The van der Waals surface area contributed by atoms with Crippen molar-refractivity contribution in [2.24, 2.45) is 4.99 Å². The summed E-state index contributed by atoms with van der Waals surface area (Å²) in [6, 6.07) is 20.4. The van der Waals surface area contributed by atoms with Crippen molar-refractivity contribution in [3.8, 4) is 0 Å². The Balaban J connectivity index is 0.000000363. The number of hydrogen-bond donors (Lipinski definition) is 1. The Morgan fingerprint density at radius 3 is 1.12 bits per heavy atom. The van der Waals surface area contributed by atoms with Crippen LogP contribution in [0.2, 0.25) is 0 Å². The first-order chi connectivity index (χ1) is 52.1. The third kappa shape index (κ3) is 31.8. The van der Waals surface area contributed by atoms with E-state index in [1.807, 2.05) is 45.0 Å². The topological polar surface area (TPSA) is 394 Å². The fourth-order valence-electron chi connectivity index (χ4n) is 9.56. The molecular weight excluding hydrogens is 1710 g/mol. The number of aliphatic carboxylic acids is 1. The van der Waals surface area contributed by atoms with E-state index in [9.17, 15) is 52.1 Å². The number of fused-ring (bicyclic) bond motifs is 4. The van der Waals surface area contributed by atoms with Gasteiger partial charge in [0, 0.05) is 35.2 Å². The minimum absolute atomic E-state index is 0.00250. The Kier molecular flexibility index (Phi) is 41.0. The zero-order chi connectivity index (χ0) is 83.8. The molecule has 0 spiro atoms. The van der Waals surface area contributed by atoms with E-state index < -0.39 is 77.0 Å². The highest BCUT2D eigenvalue weighted by molar-refractivity contribution is 9.10. The summed E-state index contributed by atoms with van der Waals surface area (Å²) in [5, 5.41) is 24.0. The molecule has 1 aliphatic rings. The van der Waals surface area contributed by atoms with E-state index in [-0.39, 0.29) is 105 Å². The summed E-state index contributed by atoms with van der Waals surface area (Å²) in [6.07, 6.45) is 0. The highest BCUT2D eigenvalue weighted by Crippen LogP contribution is 2.48. The molecule has 3 aromatic heterocycles. The number of carbonyl (C=O) groups is 8. The monoisotopic (exact) mass is 1800 g/mol. The van der Waals surface area contributed by atoms with E-state index >= 15 is 0 Å². The molecule has 4 heterocycles. The maximum Gasteiger partial charge on any atom is 0.697 e. The lowest BCUT2D eigenvalue weighted by molar-refractivity contribution is -0.156. The first-order valence-electron chi connectivity index (χ1n) is 35.2. The predicted molar refractivity (Wildman–Crippen MR) is 427 cm³/mol. The Bertz CT molecular complexity index is 4450. The lowest BCUT2D eigenvalue weighted by Crippen LogP contribution is -2.27. The van der Waals surface area contributed by atoms with Crippen LogP contribution in [0.5, 0.6) is 0 Å². The number of aliphatic imine (C=N–C) groups is 1. The van der Waals surface area contributed by atoms with Crippen LogP contribution in [-0.2, 0) is 124 Å². The molecule has 1 N–H and O–H groups in total. The SMILES string of the molecule is CC(C)(C)OC(=O)CBr.CCOC(=O)C1=NCc2cc(Br)ccc21.CCOC(=O)c1nn(CC(=O)O)c2cc(P(=O)(OCC)OCC)ccc12.CCOC(=O)c1nn(CC(=O)OC(C)(C)C)c2cc(Br)ccc12.CCOC(=O)c1nn(CC(=O)OC(C)(C)C)c2cc(P(=O)(OCC)OCC)ccc12.CCO[P+](=O)OCC. The number of aromatic nitrogens is 6. The van der Waals surface area contributed by atoms with E-state index in [0.29, 0.717) is 70.1 Å². The first-order valence-corrected chi connectivity index (χ1v) is 42.1. The zero-order valence-electron chi connectivity index (χ0n) is 65.9. The number of ether oxygens (including phenoxy) is 7. The van der Waals surface area contributed by atoms with Crippen molar-refractivity contribution in [3.63, 3.8) is 0 Å². The van der Waals surface area contributed by atoms with Crippen LogP contribution in [0.25, 0.3) is 32.7 Å². The molecule has 0 unspecified atom stereocenters. The molecule has 1 aliphatic heterocycles. The van der Waals surface area contributed by atoms with Gasteiger partial charge in [-0.3, -0.25) is 47.3 Å². The molecule has 7 aromatic rings. The molecule has 38 heteroatoms. The number of nitrogens with zero attached hydrogens (tertiary/aromatic N) is 7. The smallest absolute Gasteiger partial charge is 0.480 e. The molecule has 0 radical (unpaired) electrons. The van der Waals surface area contributed by atoms with Crippen LogP contribution in [0.15, 0.2) is 86.7 Å². The Hall–Kier alpha value is -7.52. The summed E-state index contributed by atoms with van der Waals surface area (Å²) in [4.78, 5) is 98.3. The molecule has 4 aromatic carbocycles. The van der Waals surface area contributed by atoms with Crippen molar-refractivity contribution in [2.75, 3.05) is 71.4 Å². The molecule has 0 amide bonds. The predicted octanol–water partition coefficient (Wildman–Crippen LogP) is 14.7. The van der Waals surface area contributed by atoms with Gasteiger partial charge in [0.05, 0.1) is 86.6 Å². The fraction of sp³-hybridized carbons (Fsp3) is 0.507. The lowest BCUT2D eigenvalue weighted by atomic mass is 10.1. The number of carboxylic acid groups (broad SMARTS) is 1. The highest BCUT2D eigenvalue weighted by Gasteiger charge is 2.33.